The molecule has 1 amide bonds. The quantitative estimate of drug-likeness (QED) is 0.323. The van der Waals surface area contributed by atoms with E-state index < -0.39 is 0 Å². The lowest BCUT2D eigenvalue weighted by Crippen LogP contribution is -2.37. The van der Waals surface area contributed by atoms with Gasteiger partial charge in [-0.3, -0.25) is 4.79 Å². The van der Waals surface area contributed by atoms with E-state index in [1.54, 1.807) is 0 Å². The topological polar surface area (TPSA) is 87.1 Å². The van der Waals surface area contributed by atoms with Crippen molar-refractivity contribution < 1.29 is 9.53 Å². The van der Waals surface area contributed by atoms with Crippen molar-refractivity contribution in [1.82, 2.24) is 5.32 Å². The Balaban J connectivity index is 2.08. The van der Waals surface area contributed by atoms with E-state index in [0.29, 0.717) is 25.6 Å². The number of amides is 1. The summed E-state index contributed by atoms with van der Waals surface area (Å²) in [7, 11) is 0. The second-order valence-electron chi connectivity index (χ2n) is 4.01. The van der Waals surface area contributed by atoms with Gasteiger partial charge in [0.05, 0.1) is 0 Å². The number of rotatable bonds is 6. The van der Waals surface area contributed by atoms with Crippen LogP contribution in [0.15, 0.2) is 5.11 Å². The zero-order valence-electron chi connectivity index (χ0n) is 9.56. The van der Waals surface area contributed by atoms with Gasteiger partial charge in [-0.15, -0.1) is 0 Å². The first-order valence-electron chi connectivity index (χ1n) is 5.66. The van der Waals surface area contributed by atoms with Gasteiger partial charge in [0.25, 0.3) is 0 Å². The number of ether oxygens (including phenoxy) is 1. The molecule has 0 saturated carbocycles. The Morgan fingerprint density at radius 3 is 3.06 bits per heavy atom. The van der Waals surface area contributed by atoms with Gasteiger partial charge in [-0.1, -0.05) is 12.0 Å². The molecule has 16 heavy (non-hydrogen) atoms. The smallest absolute Gasteiger partial charge is 0.249 e. The maximum atomic E-state index is 11.6. The number of carbonyl (C=O) groups excluding carboxylic acids is 1. The third-order valence-electron chi connectivity index (χ3n) is 2.69. The molecule has 0 spiro atoms. The van der Waals surface area contributed by atoms with Crippen LogP contribution in [-0.4, -0.2) is 31.7 Å². The number of unbranched alkanes of at least 4 members (excludes halogenated alkanes) is 1. The first kappa shape index (κ1) is 12.8. The molecule has 1 rings (SSSR count). The Bertz CT molecular complexity index is 276. The molecule has 0 bridgehead atoms. The summed E-state index contributed by atoms with van der Waals surface area (Å²) in [6.45, 7) is 3.81. The number of azide groups is 1. The average Bonchev–Trinajstić information content (AvgIpc) is 2.69. The van der Waals surface area contributed by atoms with E-state index in [4.69, 9.17) is 10.3 Å². The molecule has 2 unspecified atom stereocenters. The van der Waals surface area contributed by atoms with Crippen molar-refractivity contribution >= 4 is 5.91 Å². The number of hydrogen-bond acceptors (Lipinski definition) is 3. The molecule has 2 atom stereocenters. The summed E-state index contributed by atoms with van der Waals surface area (Å²) in [5, 5.41) is 6.25. The van der Waals surface area contributed by atoms with E-state index in [9.17, 15) is 4.79 Å². The van der Waals surface area contributed by atoms with Gasteiger partial charge in [-0.25, -0.2) is 0 Å². The van der Waals surface area contributed by atoms with Crippen LogP contribution < -0.4 is 5.32 Å². The molecule has 0 aromatic rings. The summed E-state index contributed by atoms with van der Waals surface area (Å²) < 4.78 is 5.34. The highest BCUT2D eigenvalue weighted by Crippen LogP contribution is 2.19. The number of nitrogens with zero attached hydrogens (tertiary/aromatic N) is 3. The van der Waals surface area contributed by atoms with Gasteiger partial charge in [0.15, 0.2) is 0 Å². The fourth-order valence-corrected chi connectivity index (χ4v) is 1.70. The Kier molecular flexibility index (Phi) is 5.67. The maximum Gasteiger partial charge on any atom is 0.249 e. The summed E-state index contributed by atoms with van der Waals surface area (Å²) in [6.07, 6.45) is 2.30. The predicted molar refractivity (Wildman–Crippen MR) is 59.8 cm³/mol. The first-order valence-corrected chi connectivity index (χ1v) is 5.66. The minimum absolute atomic E-state index is 0.0196. The molecule has 0 aliphatic carbocycles. The Morgan fingerprint density at radius 2 is 2.44 bits per heavy atom. The van der Waals surface area contributed by atoms with Crippen molar-refractivity contribution in [3.05, 3.63) is 10.4 Å². The van der Waals surface area contributed by atoms with Crippen LogP contribution in [0.3, 0.4) is 0 Å². The lowest BCUT2D eigenvalue weighted by molar-refractivity contribution is -0.131. The third kappa shape index (κ3) is 4.08. The lowest BCUT2D eigenvalue weighted by Gasteiger charge is -2.14. The zero-order chi connectivity index (χ0) is 11.8. The molecule has 6 nitrogen and oxygen atoms in total. The van der Waals surface area contributed by atoms with Crippen LogP contribution in [0.5, 0.6) is 0 Å². The average molecular weight is 226 g/mol. The van der Waals surface area contributed by atoms with Gasteiger partial charge in [0.2, 0.25) is 5.91 Å². The fraction of sp³-hybridized carbons (Fsp3) is 0.900. The Hall–Kier alpha value is -1.26. The van der Waals surface area contributed by atoms with Crippen LogP contribution in [0.4, 0.5) is 0 Å². The second kappa shape index (κ2) is 7.09. The molecule has 1 N–H and O–H groups in total. The van der Waals surface area contributed by atoms with Crippen molar-refractivity contribution in [3.8, 4) is 0 Å². The molecule has 90 valence electrons. The highest BCUT2D eigenvalue weighted by molar-refractivity contribution is 5.81. The van der Waals surface area contributed by atoms with E-state index in [0.717, 1.165) is 19.3 Å². The molecule has 1 fully saturated rings. The van der Waals surface area contributed by atoms with Gasteiger partial charge in [-0.05, 0) is 30.7 Å². The van der Waals surface area contributed by atoms with Crippen LogP contribution in [0.2, 0.25) is 0 Å². The molecule has 1 saturated heterocycles. The summed E-state index contributed by atoms with van der Waals surface area (Å²) in [5.74, 6) is 0.289. The molecule has 1 aliphatic heterocycles. The molecule has 0 radical (unpaired) electrons. The summed E-state index contributed by atoms with van der Waals surface area (Å²) >= 11 is 0. The van der Waals surface area contributed by atoms with Crippen LogP contribution >= 0.6 is 0 Å². The van der Waals surface area contributed by atoms with Crippen molar-refractivity contribution in [2.24, 2.45) is 11.0 Å². The maximum absolute atomic E-state index is 11.6. The van der Waals surface area contributed by atoms with Crippen LogP contribution in [0.25, 0.3) is 10.4 Å². The zero-order valence-corrected chi connectivity index (χ0v) is 9.56. The monoisotopic (exact) mass is 226 g/mol. The fourth-order valence-electron chi connectivity index (χ4n) is 1.70. The van der Waals surface area contributed by atoms with Gasteiger partial charge >= 0.3 is 0 Å². The standard InChI is InChI=1S/C10H18N4O2/c1-8-4-7-16-9(8)10(15)12-5-2-3-6-13-14-11/h8-9H,2-7H2,1H3,(H,12,15). The van der Waals surface area contributed by atoms with E-state index in [1.165, 1.54) is 0 Å². The molecule has 1 aliphatic rings. The first-order chi connectivity index (χ1) is 7.75. The van der Waals surface area contributed by atoms with Gasteiger partial charge < -0.3 is 10.1 Å². The van der Waals surface area contributed by atoms with Crippen molar-refractivity contribution in [2.75, 3.05) is 19.7 Å². The highest BCUT2D eigenvalue weighted by atomic mass is 16.5. The molecule has 6 heteroatoms. The van der Waals surface area contributed by atoms with Gasteiger partial charge in [-0.2, -0.15) is 0 Å². The molecular weight excluding hydrogens is 208 g/mol. The molecule has 0 aromatic carbocycles. The van der Waals surface area contributed by atoms with Crippen molar-refractivity contribution in [3.63, 3.8) is 0 Å². The van der Waals surface area contributed by atoms with Gasteiger partial charge in [0, 0.05) is 24.6 Å². The number of hydrogen-bond donors (Lipinski definition) is 1. The van der Waals surface area contributed by atoms with E-state index in [2.05, 4.69) is 15.3 Å². The van der Waals surface area contributed by atoms with Crippen LogP contribution in [-0.2, 0) is 9.53 Å². The van der Waals surface area contributed by atoms with E-state index in [1.807, 2.05) is 6.92 Å². The van der Waals surface area contributed by atoms with Crippen molar-refractivity contribution in [1.29, 1.82) is 0 Å². The lowest BCUT2D eigenvalue weighted by atomic mass is 10.0. The van der Waals surface area contributed by atoms with Crippen molar-refractivity contribution in [2.45, 2.75) is 32.3 Å². The van der Waals surface area contributed by atoms with Crippen LogP contribution in [0, 0.1) is 5.92 Å². The summed E-state index contributed by atoms with van der Waals surface area (Å²) in [4.78, 5) is 14.3. The molecular formula is C10H18N4O2. The van der Waals surface area contributed by atoms with Crippen LogP contribution in [0.1, 0.15) is 26.2 Å². The summed E-state index contributed by atoms with van der Waals surface area (Å²) in [6, 6.07) is 0. The molecule has 1 heterocycles. The Labute approximate surface area is 95.0 Å². The molecule has 0 aromatic heterocycles. The number of carbonyl (C=O) groups is 1. The Morgan fingerprint density at radius 1 is 1.62 bits per heavy atom. The minimum atomic E-state index is -0.280. The highest BCUT2D eigenvalue weighted by Gasteiger charge is 2.30. The normalized spacial score (nSPS) is 23.8. The van der Waals surface area contributed by atoms with E-state index in [-0.39, 0.29) is 12.0 Å². The predicted octanol–water partition coefficient (Wildman–Crippen LogP) is 1.62. The number of nitrogens with one attached hydrogen (secondary N) is 1. The minimum Gasteiger partial charge on any atom is -0.368 e. The largest absolute Gasteiger partial charge is 0.368 e. The second-order valence-corrected chi connectivity index (χ2v) is 4.01. The SMILES string of the molecule is CC1CCOC1C(=O)NCCCCN=[N+]=[N-]. The van der Waals surface area contributed by atoms with E-state index >= 15 is 0 Å². The summed E-state index contributed by atoms with van der Waals surface area (Å²) in [5.41, 5.74) is 8.06. The third-order valence-corrected chi connectivity index (χ3v) is 2.69. The van der Waals surface area contributed by atoms with Gasteiger partial charge in [0.1, 0.15) is 6.10 Å².